The zero-order valence-corrected chi connectivity index (χ0v) is 11.9. The molecule has 0 aromatic heterocycles. The lowest BCUT2D eigenvalue weighted by atomic mass is 10.1. The van der Waals surface area contributed by atoms with E-state index < -0.39 is 0 Å². The number of aryl methyl sites for hydroxylation is 1. The first kappa shape index (κ1) is 15.5. The van der Waals surface area contributed by atoms with E-state index in [1.54, 1.807) is 0 Å². The molecule has 0 aliphatic carbocycles. The predicted octanol–water partition coefficient (Wildman–Crippen LogP) is 3.93. The maximum atomic E-state index is 11.2. The maximum Gasteiger partial charge on any atom is 0.407 e. The van der Waals surface area contributed by atoms with Crippen LogP contribution < -0.4 is 5.32 Å². The van der Waals surface area contributed by atoms with Gasteiger partial charge in [-0.05, 0) is 31.2 Å². The van der Waals surface area contributed by atoms with Crippen LogP contribution in [0.1, 0.15) is 44.6 Å². The number of rotatable bonds is 9. The minimum absolute atomic E-state index is 0.281. The molecule has 19 heavy (non-hydrogen) atoms. The lowest BCUT2D eigenvalue weighted by molar-refractivity contribution is 0.144. The largest absolute Gasteiger partial charge is 0.450 e. The summed E-state index contributed by atoms with van der Waals surface area (Å²) in [7, 11) is 0. The van der Waals surface area contributed by atoms with Gasteiger partial charge in [-0.3, -0.25) is 0 Å². The van der Waals surface area contributed by atoms with E-state index in [1.807, 2.05) is 6.07 Å². The minimum atomic E-state index is -0.281. The average Bonchev–Trinajstić information content (AvgIpc) is 2.44. The molecule has 0 heterocycles. The van der Waals surface area contributed by atoms with Gasteiger partial charge in [-0.25, -0.2) is 4.79 Å². The van der Waals surface area contributed by atoms with Gasteiger partial charge in [0.1, 0.15) is 0 Å². The van der Waals surface area contributed by atoms with Crippen LogP contribution >= 0.6 is 0 Å². The quantitative estimate of drug-likeness (QED) is 0.686. The molecule has 3 heteroatoms. The molecule has 1 N–H and O–H groups in total. The van der Waals surface area contributed by atoms with Crippen molar-refractivity contribution in [2.45, 2.75) is 45.4 Å². The van der Waals surface area contributed by atoms with E-state index in [2.05, 4.69) is 36.5 Å². The van der Waals surface area contributed by atoms with E-state index in [1.165, 1.54) is 5.56 Å². The van der Waals surface area contributed by atoms with E-state index in [0.717, 1.165) is 38.5 Å². The van der Waals surface area contributed by atoms with Gasteiger partial charge in [0.15, 0.2) is 0 Å². The molecule has 0 fully saturated rings. The van der Waals surface area contributed by atoms with E-state index in [9.17, 15) is 4.79 Å². The van der Waals surface area contributed by atoms with Gasteiger partial charge >= 0.3 is 6.09 Å². The number of carbonyl (C=O) groups excluding carboxylic acids is 1. The van der Waals surface area contributed by atoms with Crippen molar-refractivity contribution in [3.8, 4) is 0 Å². The van der Waals surface area contributed by atoms with Crippen molar-refractivity contribution in [3.63, 3.8) is 0 Å². The lowest BCUT2D eigenvalue weighted by Crippen LogP contribution is -2.25. The van der Waals surface area contributed by atoms with Crippen molar-refractivity contribution in [2.24, 2.45) is 0 Å². The first-order valence-electron chi connectivity index (χ1n) is 7.27. The number of alkyl carbamates (subject to hydrolysis) is 1. The Labute approximate surface area is 116 Å². The Morgan fingerprint density at radius 2 is 1.89 bits per heavy atom. The molecule has 0 saturated carbocycles. The standard InChI is InChI=1S/C16H25NO2/c1-2-3-14-19-16(18)17-13-9-5-8-12-15-10-6-4-7-11-15/h4,6-7,10-11H,2-3,5,8-9,12-14H2,1H3,(H,17,18). The number of carbonyl (C=O) groups is 1. The molecule has 3 nitrogen and oxygen atoms in total. The first-order valence-corrected chi connectivity index (χ1v) is 7.27. The van der Waals surface area contributed by atoms with Gasteiger partial charge in [0.05, 0.1) is 6.61 Å². The van der Waals surface area contributed by atoms with E-state index in [4.69, 9.17) is 4.74 Å². The topological polar surface area (TPSA) is 38.3 Å². The van der Waals surface area contributed by atoms with Gasteiger partial charge in [0.25, 0.3) is 0 Å². The molecule has 0 aliphatic rings. The van der Waals surface area contributed by atoms with Crippen molar-refractivity contribution >= 4 is 6.09 Å². The number of unbranched alkanes of at least 4 members (excludes halogenated alkanes) is 3. The number of hydrogen-bond donors (Lipinski definition) is 1. The first-order chi connectivity index (χ1) is 9.33. The number of hydrogen-bond acceptors (Lipinski definition) is 2. The van der Waals surface area contributed by atoms with Gasteiger partial charge in [-0.2, -0.15) is 0 Å². The van der Waals surface area contributed by atoms with E-state index in [-0.39, 0.29) is 6.09 Å². The summed E-state index contributed by atoms with van der Waals surface area (Å²) in [5.41, 5.74) is 1.38. The smallest absolute Gasteiger partial charge is 0.407 e. The third kappa shape index (κ3) is 8.25. The summed E-state index contributed by atoms with van der Waals surface area (Å²) in [4.78, 5) is 11.2. The van der Waals surface area contributed by atoms with Gasteiger partial charge in [0, 0.05) is 6.54 Å². The third-order valence-corrected chi connectivity index (χ3v) is 2.99. The molecule has 1 aromatic rings. The highest BCUT2D eigenvalue weighted by atomic mass is 16.5. The second kappa shape index (κ2) is 10.4. The molecule has 0 bridgehead atoms. The van der Waals surface area contributed by atoms with Crippen LogP contribution in [0.4, 0.5) is 4.79 Å². The molecule has 1 rings (SSSR count). The van der Waals surface area contributed by atoms with Crippen LogP contribution in [-0.4, -0.2) is 19.2 Å². The van der Waals surface area contributed by atoms with Crippen LogP contribution in [0.5, 0.6) is 0 Å². The summed E-state index contributed by atoms with van der Waals surface area (Å²) in [5, 5.41) is 2.78. The van der Waals surface area contributed by atoms with Crippen LogP contribution in [0.25, 0.3) is 0 Å². The maximum absolute atomic E-state index is 11.2. The Hall–Kier alpha value is -1.51. The average molecular weight is 263 g/mol. The molecule has 0 saturated heterocycles. The fraction of sp³-hybridized carbons (Fsp3) is 0.562. The van der Waals surface area contributed by atoms with Crippen LogP contribution in [0.3, 0.4) is 0 Å². The summed E-state index contributed by atoms with van der Waals surface area (Å²) in [6.07, 6.45) is 6.12. The lowest BCUT2D eigenvalue weighted by Gasteiger charge is -2.06. The van der Waals surface area contributed by atoms with Crippen molar-refractivity contribution in [2.75, 3.05) is 13.2 Å². The number of benzene rings is 1. The normalized spacial score (nSPS) is 10.2. The molecular weight excluding hydrogens is 238 g/mol. The van der Waals surface area contributed by atoms with Gasteiger partial charge in [0.2, 0.25) is 0 Å². The summed E-state index contributed by atoms with van der Waals surface area (Å²) in [6, 6.07) is 10.5. The molecule has 106 valence electrons. The fourth-order valence-electron chi connectivity index (χ4n) is 1.83. The van der Waals surface area contributed by atoms with Crippen molar-refractivity contribution < 1.29 is 9.53 Å². The highest BCUT2D eigenvalue weighted by molar-refractivity contribution is 5.66. The Bertz CT molecular complexity index is 338. The van der Waals surface area contributed by atoms with Crippen molar-refractivity contribution in [3.05, 3.63) is 35.9 Å². The fourth-order valence-corrected chi connectivity index (χ4v) is 1.83. The predicted molar refractivity (Wildman–Crippen MR) is 78.3 cm³/mol. The minimum Gasteiger partial charge on any atom is -0.450 e. The summed E-state index contributed by atoms with van der Waals surface area (Å²) in [6.45, 7) is 3.31. The Morgan fingerprint density at radius 3 is 2.63 bits per heavy atom. The molecule has 0 radical (unpaired) electrons. The highest BCUT2D eigenvalue weighted by Gasteiger charge is 1.99. The second-order valence-corrected chi connectivity index (χ2v) is 4.71. The molecular formula is C16H25NO2. The molecule has 0 unspecified atom stereocenters. The van der Waals surface area contributed by atoms with E-state index in [0.29, 0.717) is 13.2 Å². The SMILES string of the molecule is CCCCOC(=O)NCCCCCc1ccccc1. The Morgan fingerprint density at radius 1 is 1.11 bits per heavy atom. The Kier molecular flexibility index (Phi) is 8.52. The van der Waals surface area contributed by atoms with Gasteiger partial charge < -0.3 is 10.1 Å². The third-order valence-electron chi connectivity index (χ3n) is 2.99. The van der Waals surface area contributed by atoms with Crippen LogP contribution in [0.15, 0.2) is 30.3 Å². The Balaban J connectivity index is 1.92. The number of ether oxygens (including phenoxy) is 1. The highest BCUT2D eigenvalue weighted by Crippen LogP contribution is 2.05. The van der Waals surface area contributed by atoms with Gasteiger partial charge in [-0.1, -0.05) is 50.1 Å². The molecule has 0 spiro atoms. The van der Waals surface area contributed by atoms with Crippen LogP contribution in [-0.2, 0) is 11.2 Å². The zero-order chi connectivity index (χ0) is 13.8. The number of amides is 1. The zero-order valence-electron chi connectivity index (χ0n) is 11.9. The summed E-state index contributed by atoms with van der Waals surface area (Å²) >= 11 is 0. The molecule has 0 atom stereocenters. The van der Waals surface area contributed by atoms with Gasteiger partial charge in [-0.15, -0.1) is 0 Å². The van der Waals surface area contributed by atoms with Crippen molar-refractivity contribution in [1.82, 2.24) is 5.32 Å². The van der Waals surface area contributed by atoms with E-state index >= 15 is 0 Å². The van der Waals surface area contributed by atoms with Crippen LogP contribution in [0, 0.1) is 0 Å². The number of nitrogens with one attached hydrogen (secondary N) is 1. The molecule has 0 aliphatic heterocycles. The monoisotopic (exact) mass is 263 g/mol. The summed E-state index contributed by atoms with van der Waals surface area (Å²) < 4.78 is 5.01. The second-order valence-electron chi connectivity index (χ2n) is 4.71. The van der Waals surface area contributed by atoms with Crippen LogP contribution in [0.2, 0.25) is 0 Å². The van der Waals surface area contributed by atoms with Crippen molar-refractivity contribution in [1.29, 1.82) is 0 Å². The summed E-state index contributed by atoms with van der Waals surface area (Å²) in [5.74, 6) is 0. The molecule has 1 aromatic carbocycles. The molecule has 1 amide bonds.